The van der Waals surface area contributed by atoms with E-state index in [1.807, 2.05) is 60.7 Å². The summed E-state index contributed by atoms with van der Waals surface area (Å²) in [5.74, 6) is 0.491. The first-order chi connectivity index (χ1) is 13.1. The van der Waals surface area contributed by atoms with Crippen LogP contribution in [0, 0.1) is 0 Å². The molecule has 0 saturated heterocycles. The molecule has 0 aromatic heterocycles. The van der Waals surface area contributed by atoms with Crippen molar-refractivity contribution in [1.29, 1.82) is 0 Å². The Hall–Kier alpha value is -2.70. The van der Waals surface area contributed by atoms with Gasteiger partial charge in [-0.2, -0.15) is 0 Å². The molecule has 0 atom stereocenters. The van der Waals surface area contributed by atoms with Gasteiger partial charge in [-0.05, 0) is 60.2 Å². The van der Waals surface area contributed by atoms with Crippen LogP contribution in [-0.2, 0) is 6.61 Å². The van der Waals surface area contributed by atoms with Crippen LogP contribution in [0.25, 0.3) is 0 Å². The highest BCUT2D eigenvalue weighted by molar-refractivity contribution is 9.10. The number of ether oxygens (including phenoxy) is 1. The zero-order chi connectivity index (χ0) is 19.1. The van der Waals surface area contributed by atoms with E-state index in [4.69, 9.17) is 17.0 Å². The maximum absolute atomic E-state index is 12.2. The van der Waals surface area contributed by atoms with Gasteiger partial charge in [-0.15, -0.1) is 0 Å². The SMILES string of the molecule is O=C(NC(=S)Nc1ccc(OCc2ccccc2)cc1)c1cccc(Br)c1. The number of nitrogens with one attached hydrogen (secondary N) is 2. The number of rotatable bonds is 5. The maximum atomic E-state index is 12.2. The molecule has 0 heterocycles. The van der Waals surface area contributed by atoms with Crippen LogP contribution < -0.4 is 15.4 Å². The Bertz CT molecular complexity index is 930. The zero-order valence-corrected chi connectivity index (χ0v) is 16.7. The van der Waals surface area contributed by atoms with Crippen molar-refractivity contribution in [2.75, 3.05) is 5.32 Å². The summed E-state index contributed by atoms with van der Waals surface area (Å²) >= 11 is 8.55. The molecule has 0 aliphatic carbocycles. The van der Waals surface area contributed by atoms with Crippen molar-refractivity contribution in [1.82, 2.24) is 5.32 Å². The Kier molecular flexibility index (Phi) is 6.57. The number of carbonyl (C=O) groups is 1. The highest BCUT2D eigenvalue weighted by Gasteiger charge is 2.08. The fourth-order valence-corrected chi connectivity index (χ4v) is 2.95. The molecule has 0 fully saturated rings. The molecule has 0 aliphatic rings. The molecule has 4 nitrogen and oxygen atoms in total. The Morgan fingerprint density at radius 3 is 2.41 bits per heavy atom. The van der Waals surface area contributed by atoms with E-state index in [0.717, 1.165) is 21.5 Å². The van der Waals surface area contributed by atoms with Crippen LogP contribution in [0.1, 0.15) is 15.9 Å². The van der Waals surface area contributed by atoms with Gasteiger partial charge in [0.25, 0.3) is 5.91 Å². The molecule has 0 aliphatic heterocycles. The predicted molar refractivity (Wildman–Crippen MR) is 115 cm³/mol. The van der Waals surface area contributed by atoms with Gasteiger partial charge in [0.05, 0.1) is 0 Å². The molecule has 0 unspecified atom stereocenters. The van der Waals surface area contributed by atoms with Gasteiger partial charge in [0.2, 0.25) is 0 Å². The summed E-state index contributed by atoms with van der Waals surface area (Å²) in [6.45, 7) is 0.509. The summed E-state index contributed by atoms with van der Waals surface area (Å²) in [6.07, 6.45) is 0. The molecule has 3 rings (SSSR count). The molecule has 2 N–H and O–H groups in total. The van der Waals surface area contributed by atoms with Gasteiger partial charge in [-0.1, -0.05) is 52.3 Å². The average molecular weight is 441 g/mol. The number of hydrogen-bond donors (Lipinski definition) is 2. The largest absolute Gasteiger partial charge is 0.489 e. The van der Waals surface area contributed by atoms with Crippen molar-refractivity contribution in [2.45, 2.75) is 6.61 Å². The Labute approximate surface area is 171 Å². The number of carbonyl (C=O) groups excluding carboxylic acids is 1. The molecular formula is C21H17BrN2O2S. The Morgan fingerprint density at radius 2 is 1.70 bits per heavy atom. The standard InChI is InChI=1S/C21H17BrN2O2S/c22-17-8-4-7-16(13-17)20(25)24-21(27)23-18-9-11-19(12-10-18)26-14-15-5-2-1-3-6-15/h1-13H,14H2,(H2,23,24,25,27). The fourth-order valence-electron chi connectivity index (χ4n) is 2.34. The van der Waals surface area contributed by atoms with E-state index in [1.54, 1.807) is 18.2 Å². The van der Waals surface area contributed by atoms with Crippen LogP contribution in [-0.4, -0.2) is 11.0 Å². The first-order valence-corrected chi connectivity index (χ1v) is 9.45. The van der Waals surface area contributed by atoms with Crippen LogP contribution in [0.5, 0.6) is 5.75 Å². The summed E-state index contributed by atoms with van der Waals surface area (Å²) in [5.41, 5.74) is 2.40. The maximum Gasteiger partial charge on any atom is 0.257 e. The number of amides is 1. The number of benzene rings is 3. The third-order valence-corrected chi connectivity index (χ3v) is 4.37. The lowest BCUT2D eigenvalue weighted by molar-refractivity contribution is 0.0977. The van der Waals surface area contributed by atoms with Gasteiger partial charge in [-0.25, -0.2) is 0 Å². The molecule has 136 valence electrons. The second-order valence-corrected chi connectivity index (χ2v) is 7.04. The lowest BCUT2D eigenvalue weighted by Gasteiger charge is -2.11. The number of halogens is 1. The topological polar surface area (TPSA) is 50.4 Å². The summed E-state index contributed by atoms with van der Waals surface area (Å²) in [4.78, 5) is 12.2. The zero-order valence-electron chi connectivity index (χ0n) is 14.3. The minimum absolute atomic E-state index is 0.234. The molecule has 0 saturated carbocycles. The van der Waals surface area contributed by atoms with Crippen LogP contribution in [0.4, 0.5) is 5.69 Å². The van der Waals surface area contributed by atoms with Gasteiger partial charge in [0, 0.05) is 15.7 Å². The van der Waals surface area contributed by atoms with Crippen molar-refractivity contribution in [3.05, 3.63) is 94.5 Å². The smallest absolute Gasteiger partial charge is 0.257 e. The monoisotopic (exact) mass is 440 g/mol. The molecule has 1 amide bonds. The van der Waals surface area contributed by atoms with Gasteiger partial charge >= 0.3 is 0 Å². The second kappa shape index (κ2) is 9.30. The number of hydrogen-bond acceptors (Lipinski definition) is 3. The van der Waals surface area contributed by atoms with Gasteiger partial charge in [-0.3, -0.25) is 10.1 Å². The fraction of sp³-hybridized carbons (Fsp3) is 0.0476. The van der Waals surface area contributed by atoms with E-state index in [9.17, 15) is 4.79 Å². The minimum Gasteiger partial charge on any atom is -0.489 e. The first-order valence-electron chi connectivity index (χ1n) is 8.25. The van der Waals surface area contributed by atoms with Crippen molar-refractivity contribution < 1.29 is 9.53 Å². The van der Waals surface area contributed by atoms with Gasteiger partial charge < -0.3 is 10.1 Å². The van der Waals surface area contributed by atoms with Crippen molar-refractivity contribution in [2.24, 2.45) is 0 Å². The Morgan fingerprint density at radius 1 is 0.963 bits per heavy atom. The van der Waals surface area contributed by atoms with Crippen molar-refractivity contribution in [3.8, 4) is 5.75 Å². The normalized spacial score (nSPS) is 10.1. The third kappa shape index (κ3) is 5.91. The molecule has 3 aromatic rings. The summed E-state index contributed by atoms with van der Waals surface area (Å²) in [6, 6.07) is 24.5. The summed E-state index contributed by atoms with van der Waals surface area (Å²) < 4.78 is 6.58. The van der Waals surface area contributed by atoms with Crippen LogP contribution in [0.2, 0.25) is 0 Å². The van der Waals surface area contributed by atoms with E-state index in [0.29, 0.717) is 12.2 Å². The summed E-state index contributed by atoms with van der Waals surface area (Å²) in [7, 11) is 0. The van der Waals surface area contributed by atoms with Crippen LogP contribution in [0.3, 0.4) is 0 Å². The highest BCUT2D eigenvalue weighted by atomic mass is 79.9. The average Bonchev–Trinajstić information content (AvgIpc) is 2.68. The molecule has 27 heavy (non-hydrogen) atoms. The first kappa shape index (κ1) is 19.1. The Balaban J connectivity index is 1.51. The molecule has 0 bridgehead atoms. The highest BCUT2D eigenvalue weighted by Crippen LogP contribution is 2.17. The van der Waals surface area contributed by atoms with E-state index in [-0.39, 0.29) is 11.0 Å². The molecule has 0 spiro atoms. The molecule has 3 aromatic carbocycles. The molecule has 6 heteroatoms. The van der Waals surface area contributed by atoms with Crippen LogP contribution >= 0.6 is 28.1 Å². The lowest BCUT2D eigenvalue weighted by atomic mass is 10.2. The van der Waals surface area contributed by atoms with Crippen molar-refractivity contribution >= 4 is 44.9 Å². The van der Waals surface area contributed by atoms with E-state index < -0.39 is 0 Å². The van der Waals surface area contributed by atoms with E-state index in [1.165, 1.54) is 0 Å². The quantitative estimate of drug-likeness (QED) is 0.538. The summed E-state index contributed by atoms with van der Waals surface area (Å²) in [5, 5.41) is 5.89. The third-order valence-electron chi connectivity index (χ3n) is 3.67. The molecule has 0 radical (unpaired) electrons. The van der Waals surface area contributed by atoms with E-state index >= 15 is 0 Å². The van der Waals surface area contributed by atoms with Gasteiger partial charge in [0.15, 0.2) is 5.11 Å². The van der Waals surface area contributed by atoms with E-state index in [2.05, 4.69) is 26.6 Å². The minimum atomic E-state index is -0.267. The van der Waals surface area contributed by atoms with Gasteiger partial charge in [0.1, 0.15) is 12.4 Å². The predicted octanol–water partition coefficient (Wildman–Crippen LogP) is 5.15. The molecular weight excluding hydrogens is 424 g/mol. The van der Waals surface area contributed by atoms with Crippen LogP contribution in [0.15, 0.2) is 83.3 Å². The number of thiocarbonyl (C=S) groups is 1. The lowest BCUT2D eigenvalue weighted by Crippen LogP contribution is -2.34. The second-order valence-electron chi connectivity index (χ2n) is 5.72. The number of anilines is 1. The van der Waals surface area contributed by atoms with Crippen molar-refractivity contribution in [3.63, 3.8) is 0 Å².